The van der Waals surface area contributed by atoms with E-state index in [4.69, 9.17) is 5.11 Å². The third kappa shape index (κ3) is 2.81. The average molecular weight is 259 g/mol. The van der Waals surface area contributed by atoms with Gasteiger partial charge in [0.15, 0.2) is 0 Å². The SMILES string of the molecule is Cc1cccnc1Cn1nc(C)c(CC(=O)O)c1C. The summed E-state index contributed by atoms with van der Waals surface area (Å²) >= 11 is 0. The van der Waals surface area contributed by atoms with Gasteiger partial charge in [-0.05, 0) is 32.4 Å². The van der Waals surface area contributed by atoms with Gasteiger partial charge in [0.1, 0.15) is 0 Å². The van der Waals surface area contributed by atoms with Gasteiger partial charge in [-0.2, -0.15) is 5.10 Å². The third-order valence-electron chi connectivity index (χ3n) is 3.28. The van der Waals surface area contributed by atoms with Gasteiger partial charge in [-0.15, -0.1) is 0 Å². The molecule has 100 valence electrons. The van der Waals surface area contributed by atoms with E-state index >= 15 is 0 Å². The predicted octanol–water partition coefficient (Wildman–Crippen LogP) is 1.88. The zero-order chi connectivity index (χ0) is 14.0. The highest BCUT2D eigenvalue weighted by Crippen LogP contribution is 2.16. The van der Waals surface area contributed by atoms with Crippen molar-refractivity contribution in [3.63, 3.8) is 0 Å². The molecular formula is C14H17N3O2. The Kier molecular flexibility index (Phi) is 3.64. The quantitative estimate of drug-likeness (QED) is 0.910. The highest BCUT2D eigenvalue weighted by Gasteiger charge is 2.15. The molecular weight excluding hydrogens is 242 g/mol. The second-order valence-electron chi connectivity index (χ2n) is 4.64. The number of hydrogen-bond acceptors (Lipinski definition) is 3. The summed E-state index contributed by atoms with van der Waals surface area (Å²) in [4.78, 5) is 15.2. The first kappa shape index (κ1) is 13.3. The molecule has 2 rings (SSSR count). The standard InChI is InChI=1S/C14H17N3O2/c1-9-5-4-6-15-13(9)8-17-11(3)12(7-14(18)19)10(2)16-17/h4-6H,7-8H2,1-3H3,(H,18,19). The summed E-state index contributed by atoms with van der Waals surface area (Å²) in [6.45, 7) is 6.31. The minimum atomic E-state index is -0.834. The van der Waals surface area contributed by atoms with E-state index < -0.39 is 5.97 Å². The molecule has 1 N–H and O–H groups in total. The molecule has 0 saturated heterocycles. The molecule has 0 amide bonds. The van der Waals surface area contributed by atoms with E-state index in [9.17, 15) is 4.79 Å². The van der Waals surface area contributed by atoms with Gasteiger partial charge in [-0.3, -0.25) is 14.5 Å². The van der Waals surface area contributed by atoms with Crippen LogP contribution in [0.5, 0.6) is 0 Å². The van der Waals surface area contributed by atoms with Gasteiger partial charge in [0.05, 0.1) is 24.4 Å². The molecule has 0 atom stereocenters. The Labute approximate surface area is 111 Å². The van der Waals surface area contributed by atoms with Crippen LogP contribution >= 0.6 is 0 Å². The molecule has 0 spiro atoms. The summed E-state index contributed by atoms with van der Waals surface area (Å²) in [5.41, 5.74) is 4.52. The van der Waals surface area contributed by atoms with Gasteiger partial charge in [0.25, 0.3) is 0 Å². The summed E-state index contributed by atoms with van der Waals surface area (Å²) < 4.78 is 1.82. The molecule has 0 radical (unpaired) electrons. The van der Waals surface area contributed by atoms with E-state index in [1.165, 1.54) is 0 Å². The molecule has 0 aliphatic heterocycles. The lowest BCUT2D eigenvalue weighted by Crippen LogP contribution is -2.08. The Hall–Kier alpha value is -2.17. The van der Waals surface area contributed by atoms with Crippen LogP contribution in [0.4, 0.5) is 0 Å². The first-order valence-electron chi connectivity index (χ1n) is 6.14. The largest absolute Gasteiger partial charge is 0.481 e. The lowest BCUT2D eigenvalue weighted by Gasteiger charge is -2.07. The Morgan fingerprint density at radius 2 is 2.11 bits per heavy atom. The second-order valence-corrected chi connectivity index (χ2v) is 4.64. The molecule has 2 heterocycles. The van der Waals surface area contributed by atoms with Crippen molar-refractivity contribution in [1.29, 1.82) is 0 Å². The molecule has 0 aliphatic rings. The maximum absolute atomic E-state index is 10.8. The number of aliphatic carboxylic acids is 1. The summed E-state index contributed by atoms with van der Waals surface area (Å²) in [6, 6.07) is 3.90. The minimum absolute atomic E-state index is 0.0128. The smallest absolute Gasteiger partial charge is 0.307 e. The molecule has 5 nitrogen and oxygen atoms in total. The predicted molar refractivity (Wildman–Crippen MR) is 71.1 cm³/mol. The number of nitrogens with zero attached hydrogens (tertiary/aromatic N) is 3. The molecule has 0 bridgehead atoms. The molecule has 0 fully saturated rings. The van der Waals surface area contributed by atoms with Gasteiger partial charge in [-0.1, -0.05) is 6.07 Å². The molecule has 2 aromatic rings. The number of carboxylic acids is 1. The van der Waals surface area contributed by atoms with Crippen molar-refractivity contribution in [2.75, 3.05) is 0 Å². The summed E-state index contributed by atoms with van der Waals surface area (Å²) in [5.74, 6) is -0.834. The van der Waals surface area contributed by atoms with Crippen LogP contribution in [0.3, 0.4) is 0 Å². The van der Waals surface area contributed by atoms with Crippen LogP contribution in [0.1, 0.15) is 28.2 Å². The van der Waals surface area contributed by atoms with Crippen LogP contribution in [-0.4, -0.2) is 25.8 Å². The Bertz CT molecular complexity index is 617. The van der Waals surface area contributed by atoms with Gasteiger partial charge < -0.3 is 5.11 Å². The molecule has 5 heteroatoms. The highest BCUT2D eigenvalue weighted by molar-refractivity contribution is 5.70. The Morgan fingerprint density at radius 1 is 1.37 bits per heavy atom. The van der Waals surface area contributed by atoms with Gasteiger partial charge in [0, 0.05) is 17.5 Å². The van der Waals surface area contributed by atoms with E-state index in [0.29, 0.717) is 6.54 Å². The number of aryl methyl sites for hydroxylation is 2. The number of aromatic nitrogens is 3. The van der Waals surface area contributed by atoms with Crippen molar-refractivity contribution >= 4 is 5.97 Å². The normalized spacial score (nSPS) is 10.7. The van der Waals surface area contributed by atoms with Gasteiger partial charge in [-0.25, -0.2) is 0 Å². The lowest BCUT2D eigenvalue weighted by molar-refractivity contribution is -0.136. The zero-order valence-corrected chi connectivity index (χ0v) is 11.3. The van der Waals surface area contributed by atoms with Crippen LogP contribution in [0.25, 0.3) is 0 Å². The number of carboxylic acid groups (broad SMARTS) is 1. The number of carbonyl (C=O) groups is 1. The van der Waals surface area contributed by atoms with Crippen molar-refractivity contribution < 1.29 is 9.90 Å². The second kappa shape index (κ2) is 5.22. The summed E-state index contributed by atoms with van der Waals surface area (Å²) in [6.07, 6.45) is 1.77. The van der Waals surface area contributed by atoms with E-state index in [2.05, 4.69) is 10.1 Å². The van der Waals surface area contributed by atoms with Crippen LogP contribution < -0.4 is 0 Å². The highest BCUT2D eigenvalue weighted by atomic mass is 16.4. The van der Waals surface area contributed by atoms with Crippen LogP contribution in [0, 0.1) is 20.8 Å². The van der Waals surface area contributed by atoms with Crippen molar-refractivity contribution in [2.45, 2.75) is 33.7 Å². The van der Waals surface area contributed by atoms with E-state index in [-0.39, 0.29) is 6.42 Å². The van der Waals surface area contributed by atoms with Crippen LogP contribution in [0.2, 0.25) is 0 Å². The van der Waals surface area contributed by atoms with E-state index in [1.54, 1.807) is 6.20 Å². The molecule has 19 heavy (non-hydrogen) atoms. The maximum atomic E-state index is 10.8. The number of rotatable bonds is 4. The zero-order valence-electron chi connectivity index (χ0n) is 11.3. The van der Waals surface area contributed by atoms with E-state index in [1.807, 2.05) is 37.6 Å². The fourth-order valence-electron chi connectivity index (χ4n) is 2.12. The van der Waals surface area contributed by atoms with Crippen molar-refractivity contribution in [3.05, 3.63) is 46.5 Å². The third-order valence-corrected chi connectivity index (χ3v) is 3.28. The molecule has 2 aromatic heterocycles. The number of pyridine rings is 1. The minimum Gasteiger partial charge on any atom is -0.481 e. The molecule has 0 aliphatic carbocycles. The monoisotopic (exact) mass is 259 g/mol. The molecule has 0 aromatic carbocycles. The van der Waals surface area contributed by atoms with Crippen LogP contribution in [0.15, 0.2) is 18.3 Å². The molecule has 0 saturated carbocycles. The fraction of sp³-hybridized carbons (Fsp3) is 0.357. The first-order chi connectivity index (χ1) is 8.99. The average Bonchev–Trinajstić information content (AvgIpc) is 2.60. The lowest BCUT2D eigenvalue weighted by atomic mass is 10.1. The topological polar surface area (TPSA) is 68.0 Å². The van der Waals surface area contributed by atoms with Crippen LogP contribution in [-0.2, 0) is 17.8 Å². The summed E-state index contributed by atoms with van der Waals surface area (Å²) in [5, 5.41) is 13.3. The number of hydrogen-bond donors (Lipinski definition) is 1. The van der Waals surface area contributed by atoms with Crippen molar-refractivity contribution in [3.8, 4) is 0 Å². The van der Waals surface area contributed by atoms with E-state index in [0.717, 1.165) is 28.2 Å². The Balaban J connectivity index is 2.32. The molecule has 0 unspecified atom stereocenters. The van der Waals surface area contributed by atoms with Gasteiger partial charge in [0.2, 0.25) is 0 Å². The van der Waals surface area contributed by atoms with Crippen molar-refractivity contribution in [1.82, 2.24) is 14.8 Å². The Morgan fingerprint density at radius 3 is 2.74 bits per heavy atom. The fourth-order valence-corrected chi connectivity index (χ4v) is 2.12. The summed E-state index contributed by atoms with van der Waals surface area (Å²) in [7, 11) is 0. The maximum Gasteiger partial charge on any atom is 0.307 e. The van der Waals surface area contributed by atoms with Crippen molar-refractivity contribution in [2.24, 2.45) is 0 Å². The first-order valence-corrected chi connectivity index (χ1v) is 6.14. The van der Waals surface area contributed by atoms with Gasteiger partial charge >= 0.3 is 5.97 Å².